The summed E-state index contributed by atoms with van der Waals surface area (Å²) in [5, 5.41) is 1.75. The Morgan fingerprint density at radius 3 is 2.70 bits per heavy atom. The van der Waals surface area contributed by atoms with Crippen molar-refractivity contribution in [1.29, 1.82) is 0 Å². The van der Waals surface area contributed by atoms with E-state index in [0.717, 1.165) is 16.6 Å². The minimum Gasteiger partial charge on any atom is -0.345 e. The number of anilines is 1. The molecular formula is C19H17ClN2O. The van der Waals surface area contributed by atoms with Crippen molar-refractivity contribution in [3.05, 3.63) is 64.8 Å². The summed E-state index contributed by atoms with van der Waals surface area (Å²) in [5.41, 5.74) is 3.85. The molecule has 0 saturated carbocycles. The fourth-order valence-corrected chi connectivity index (χ4v) is 3.42. The van der Waals surface area contributed by atoms with Crippen molar-refractivity contribution in [3.63, 3.8) is 0 Å². The van der Waals surface area contributed by atoms with E-state index in [2.05, 4.69) is 42.8 Å². The molecule has 0 spiro atoms. The van der Waals surface area contributed by atoms with E-state index in [1.165, 1.54) is 5.52 Å². The average Bonchev–Trinajstić information content (AvgIpc) is 3.08. The molecule has 4 rings (SSSR count). The Morgan fingerprint density at radius 1 is 1.09 bits per heavy atom. The maximum atomic E-state index is 12.7. The molecule has 0 aliphatic carbocycles. The summed E-state index contributed by atoms with van der Waals surface area (Å²) in [4.78, 5) is 14.5. The second kappa shape index (κ2) is 5.14. The number of carbonyl (C=O) groups excluding carboxylic acids is 1. The largest absolute Gasteiger partial charge is 0.345 e. The lowest BCUT2D eigenvalue weighted by molar-refractivity contribution is 0.0996. The predicted octanol–water partition coefficient (Wildman–Crippen LogP) is 5.04. The van der Waals surface area contributed by atoms with Gasteiger partial charge in [-0.3, -0.25) is 4.79 Å². The van der Waals surface area contributed by atoms with Crippen LogP contribution in [0.3, 0.4) is 0 Å². The molecule has 23 heavy (non-hydrogen) atoms. The van der Waals surface area contributed by atoms with Gasteiger partial charge in [-0.15, -0.1) is 0 Å². The Balaban J connectivity index is 1.75. The van der Waals surface area contributed by atoms with Crippen LogP contribution in [0.5, 0.6) is 0 Å². The van der Waals surface area contributed by atoms with Gasteiger partial charge in [0.25, 0.3) is 5.91 Å². The lowest BCUT2D eigenvalue weighted by Crippen LogP contribution is -2.22. The van der Waals surface area contributed by atoms with Crippen LogP contribution < -0.4 is 4.90 Å². The van der Waals surface area contributed by atoms with Gasteiger partial charge < -0.3 is 9.47 Å². The summed E-state index contributed by atoms with van der Waals surface area (Å²) in [6.07, 6.45) is 2.10. The monoisotopic (exact) mass is 324 g/mol. The summed E-state index contributed by atoms with van der Waals surface area (Å²) in [6, 6.07) is 14.2. The molecule has 2 heterocycles. The standard InChI is InChI=1S/C19H17ClN2O/c1-12(2)21-8-7-13-9-16(5-6-18(13)21)22-11-14-3-4-15(20)10-17(14)19(22)23/h3-10,12H,11H2,1-2H3. The van der Waals surface area contributed by atoms with E-state index in [-0.39, 0.29) is 5.91 Å². The van der Waals surface area contributed by atoms with Crippen molar-refractivity contribution in [2.24, 2.45) is 0 Å². The molecular weight excluding hydrogens is 308 g/mol. The predicted molar refractivity (Wildman–Crippen MR) is 94.3 cm³/mol. The van der Waals surface area contributed by atoms with Crippen molar-refractivity contribution in [1.82, 2.24) is 4.57 Å². The van der Waals surface area contributed by atoms with Crippen molar-refractivity contribution in [2.75, 3.05) is 4.90 Å². The van der Waals surface area contributed by atoms with E-state index in [4.69, 9.17) is 11.6 Å². The molecule has 3 aromatic rings. The molecule has 0 radical (unpaired) electrons. The number of hydrogen-bond donors (Lipinski definition) is 0. The molecule has 0 atom stereocenters. The maximum absolute atomic E-state index is 12.7. The molecule has 0 N–H and O–H groups in total. The highest BCUT2D eigenvalue weighted by Crippen LogP contribution is 2.32. The average molecular weight is 325 g/mol. The van der Waals surface area contributed by atoms with Gasteiger partial charge in [0, 0.05) is 39.4 Å². The number of carbonyl (C=O) groups is 1. The van der Waals surface area contributed by atoms with Gasteiger partial charge in [0.2, 0.25) is 0 Å². The van der Waals surface area contributed by atoms with Crippen molar-refractivity contribution in [2.45, 2.75) is 26.4 Å². The van der Waals surface area contributed by atoms with Gasteiger partial charge in [-0.1, -0.05) is 17.7 Å². The van der Waals surface area contributed by atoms with Crippen LogP contribution in [0.25, 0.3) is 10.9 Å². The van der Waals surface area contributed by atoms with Gasteiger partial charge >= 0.3 is 0 Å². The highest BCUT2D eigenvalue weighted by molar-refractivity contribution is 6.31. The van der Waals surface area contributed by atoms with Gasteiger partial charge in [0.05, 0.1) is 6.54 Å². The van der Waals surface area contributed by atoms with E-state index in [1.807, 2.05) is 23.1 Å². The highest BCUT2D eigenvalue weighted by atomic mass is 35.5. The van der Waals surface area contributed by atoms with Gasteiger partial charge in [0.15, 0.2) is 0 Å². The molecule has 0 bridgehead atoms. The number of nitrogens with zero attached hydrogens (tertiary/aromatic N) is 2. The number of aromatic nitrogens is 1. The third-order valence-electron chi connectivity index (χ3n) is 4.45. The number of benzene rings is 2. The minimum atomic E-state index is 0.0187. The molecule has 0 saturated heterocycles. The molecule has 4 heteroatoms. The zero-order valence-corrected chi connectivity index (χ0v) is 13.8. The Morgan fingerprint density at radius 2 is 1.91 bits per heavy atom. The van der Waals surface area contributed by atoms with Crippen molar-refractivity contribution in [3.8, 4) is 0 Å². The molecule has 0 unspecified atom stereocenters. The zero-order chi connectivity index (χ0) is 16.1. The highest BCUT2D eigenvalue weighted by Gasteiger charge is 2.28. The first kappa shape index (κ1) is 14.3. The van der Waals surface area contributed by atoms with Crippen LogP contribution in [0.2, 0.25) is 5.02 Å². The first-order chi connectivity index (χ1) is 11.0. The van der Waals surface area contributed by atoms with Crippen LogP contribution in [0.4, 0.5) is 5.69 Å². The van der Waals surface area contributed by atoms with Gasteiger partial charge in [-0.25, -0.2) is 0 Å². The topological polar surface area (TPSA) is 25.2 Å². The summed E-state index contributed by atoms with van der Waals surface area (Å²) in [6.45, 7) is 4.93. The Hall–Kier alpha value is -2.26. The van der Waals surface area contributed by atoms with E-state index in [1.54, 1.807) is 6.07 Å². The van der Waals surface area contributed by atoms with E-state index >= 15 is 0 Å². The van der Waals surface area contributed by atoms with E-state index in [0.29, 0.717) is 23.2 Å². The van der Waals surface area contributed by atoms with Crippen LogP contribution in [-0.4, -0.2) is 10.5 Å². The second-order valence-electron chi connectivity index (χ2n) is 6.25. The number of halogens is 1. The molecule has 3 nitrogen and oxygen atoms in total. The third kappa shape index (κ3) is 2.23. The van der Waals surface area contributed by atoms with Crippen LogP contribution in [0.15, 0.2) is 48.7 Å². The van der Waals surface area contributed by atoms with Crippen LogP contribution in [0, 0.1) is 0 Å². The molecule has 0 fully saturated rings. The van der Waals surface area contributed by atoms with E-state index < -0.39 is 0 Å². The fourth-order valence-electron chi connectivity index (χ4n) is 3.25. The van der Waals surface area contributed by atoms with Crippen LogP contribution >= 0.6 is 11.6 Å². The molecule has 1 aliphatic rings. The number of rotatable bonds is 2. The van der Waals surface area contributed by atoms with Gasteiger partial charge in [-0.2, -0.15) is 0 Å². The molecule has 1 aliphatic heterocycles. The summed E-state index contributed by atoms with van der Waals surface area (Å²) < 4.78 is 2.24. The van der Waals surface area contributed by atoms with Gasteiger partial charge in [0.1, 0.15) is 0 Å². The van der Waals surface area contributed by atoms with E-state index in [9.17, 15) is 4.79 Å². The first-order valence-corrected chi connectivity index (χ1v) is 8.13. The fraction of sp³-hybridized carbons (Fsp3) is 0.211. The lowest BCUT2D eigenvalue weighted by Gasteiger charge is -2.16. The third-order valence-corrected chi connectivity index (χ3v) is 4.68. The summed E-state index contributed by atoms with van der Waals surface area (Å²) in [7, 11) is 0. The van der Waals surface area contributed by atoms with Crippen LogP contribution in [0.1, 0.15) is 35.8 Å². The number of hydrogen-bond acceptors (Lipinski definition) is 1. The number of fused-ring (bicyclic) bond motifs is 2. The molecule has 1 amide bonds. The first-order valence-electron chi connectivity index (χ1n) is 7.75. The summed E-state index contributed by atoms with van der Waals surface area (Å²) >= 11 is 6.02. The van der Waals surface area contributed by atoms with Crippen molar-refractivity contribution >= 4 is 34.1 Å². The summed E-state index contributed by atoms with van der Waals surface area (Å²) in [5.74, 6) is 0.0187. The Bertz CT molecular complexity index is 926. The Labute approximate surface area is 140 Å². The molecule has 116 valence electrons. The normalized spacial score (nSPS) is 14.1. The lowest BCUT2D eigenvalue weighted by atomic mass is 10.1. The smallest absolute Gasteiger partial charge is 0.258 e. The van der Waals surface area contributed by atoms with Gasteiger partial charge in [-0.05, 0) is 55.8 Å². The SMILES string of the molecule is CC(C)n1ccc2cc(N3Cc4ccc(Cl)cc4C3=O)ccc21. The quantitative estimate of drug-likeness (QED) is 0.648. The van der Waals surface area contributed by atoms with Crippen molar-refractivity contribution < 1.29 is 4.79 Å². The zero-order valence-electron chi connectivity index (χ0n) is 13.1. The second-order valence-corrected chi connectivity index (χ2v) is 6.69. The molecule has 2 aromatic carbocycles. The molecule has 1 aromatic heterocycles. The minimum absolute atomic E-state index is 0.0187. The maximum Gasteiger partial charge on any atom is 0.258 e. The Kier molecular flexibility index (Phi) is 3.20. The number of amides is 1. The van der Waals surface area contributed by atoms with Crippen LogP contribution in [-0.2, 0) is 6.54 Å².